The molecular formula is C14H15NO2. The van der Waals surface area contributed by atoms with Gasteiger partial charge in [-0.3, -0.25) is 9.59 Å². The van der Waals surface area contributed by atoms with Crippen LogP contribution in [0, 0.1) is 5.92 Å². The molecule has 1 aliphatic carbocycles. The number of carbonyl (C=O) groups is 2. The normalized spacial score (nSPS) is 27.6. The SMILES string of the molecule is O=C1C2CCCC1N(Cc1ccccc1)C2=O. The Kier molecular flexibility index (Phi) is 2.46. The Morgan fingerprint density at radius 1 is 1.12 bits per heavy atom. The molecule has 1 amide bonds. The van der Waals surface area contributed by atoms with Crippen LogP contribution < -0.4 is 0 Å². The Balaban J connectivity index is 1.84. The van der Waals surface area contributed by atoms with Gasteiger partial charge in [-0.05, 0) is 24.8 Å². The molecular weight excluding hydrogens is 214 g/mol. The van der Waals surface area contributed by atoms with Crippen LogP contribution in [0.15, 0.2) is 30.3 Å². The topological polar surface area (TPSA) is 37.4 Å². The Hall–Kier alpha value is -1.64. The van der Waals surface area contributed by atoms with E-state index in [-0.39, 0.29) is 23.7 Å². The summed E-state index contributed by atoms with van der Waals surface area (Å²) < 4.78 is 0. The fraction of sp³-hybridized carbons (Fsp3) is 0.429. The average molecular weight is 229 g/mol. The molecule has 1 aromatic carbocycles. The van der Waals surface area contributed by atoms with Gasteiger partial charge in [-0.1, -0.05) is 30.3 Å². The summed E-state index contributed by atoms with van der Waals surface area (Å²) in [6.07, 6.45) is 2.59. The third-order valence-electron chi connectivity index (χ3n) is 3.80. The predicted molar refractivity (Wildman–Crippen MR) is 63.1 cm³/mol. The summed E-state index contributed by atoms with van der Waals surface area (Å²) in [5.41, 5.74) is 1.10. The smallest absolute Gasteiger partial charge is 0.234 e. The zero-order chi connectivity index (χ0) is 11.8. The van der Waals surface area contributed by atoms with Crippen LogP contribution in [0.2, 0.25) is 0 Å². The van der Waals surface area contributed by atoms with E-state index in [0.29, 0.717) is 6.54 Å². The molecule has 17 heavy (non-hydrogen) atoms. The molecule has 1 aromatic rings. The van der Waals surface area contributed by atoms with E-state index in [1.165, 1.54) is 0 Å². The number of Topliss-reactive ketones (excluding diaryl/α,β-unsaturated/α-hetero) is 1. The molecule has 3 nitrogen and oxygen atoms in total. The monoisotopic (exact) mass is 229 g/mol. The lowest BCUT2D eigenvalue weighted by molar-refractivity contribution is -0.132. The summed E-state index contributed by atoms with van der Waals surface area (Å²) in [6, 6.07) is 9.73. The van der Waals surface area contributed by atoms with Crippen molar-refractivity contribution in [3.05, 3.63) is 35.9 Å². The number of likely N-dealkylation sites (tertiary alicyclic amines) is 1. The standard InChI is InChI=1S/C14H15NO2/c16-13-11-7-4-8-12(13)15(14(11)17)9-10-5-2-1-3-6-10/h1-3,5-6,11-12H,4,7-9H2. The first-order valence-corrected chi connectivity index (χ1v) is 6.15. The first kappa shape index (κ1) is 10.5. The van der Waals surface area contributed by atoms with Crippen LogP contribution in [0.1, 0.15) is 24.8 Å². The van der Waals surface area contributed by atoms with Crippen molar-refractivity contribution in [1.29, 1.82) is 0 Å². The van der Waals surface area contributed by atoms with Gasteiger partial charge in [0.05, 0.1) is 12.0 Å². The highest BCUT2D eigenvalue weighted by Crippen LogP contribution is 2.34. The molecule has 0 aromatic heterocycles. The summed E-state index contributed by atoms with van der Waals surface area (Å²) in [6.45, 7) is 0.576. The maximum absolute atomic E-state index is 12.1. The molecule has 2 atom stereocenters. The second-order valence-electron chi connectivity index (χ2n) is 4.85. The van der Waals surface area contributed by atoms with Crippen LogP contribution in [0.25, 0.3) is 0 Å². The molecule has 2 bridgehead atoms. The zero-order valence-corrected chi connectivity index (χ0v) is 9.63. The lowest BCUT2D eigenvalue weighted by Gasteiger charge is -2.23. The largest absolute Gasteiger partial charge is 0.328 e. The van der Waals surface area contributed by atoms with E-state index in [9.17, 15) is 9.59 Å². The zero-order valence-electron chi connectivity index (χ0n) is 9.63. The van der Waals surface area contributed by atoms with Crippen LogP contribution in [-0.2, 0) is 16.1 Å². The number of amides is 1. The van der Waals surface area contributed by atoms with Gasteiger partial charge < -0.3 is 4.90 Å². The van der Waals surface area contributed by atoms with Crippen LogP contribution in [0.4, 0.5) is 0 Å². The summed E-state index contributed by atoms with van der Waals surface area (Å²) in [5, 5.41) is 0. The fourth-order valence-electron chi connectivity index (χ4n) is 2.91. The van der Waals surface area contributed by atoms with Crippen molar-refractivity contribution in [2.24, 2.45) is 5.92 Å². The molecule has 1 aliphatic heterocycles. The predicted octanol–water partition coefficient (Wildman–Crippen LogP) is 1.77. The van der Waals surface area contributed by atoms with Gasteiger partial charge in [-0.15, -0.1) is 0 Å². The van der Waals surface area contributed by atoms with Gasteiger partial charge in [0.25, 0.3) is 0 Å². The van der Waals surface area contributed by atoms with Crippen LogP contribution in [0.3, 0.4) is 0 Å². The minimum atomic E-state index is -0.336. The maximum Gasteiger partial charge on any atom is 0.234 e. The summed E-state index contributed by atoms with van der Waals surface area (Å²) in [5.74, 6) is -0.143. The fourth-order valence-corrected chi connectivity index (χ4v) is 2.91. The molecule has 0 radical (unpaired) electrons. The summed E-state index contributed by atoms with van der Waals surface area (Å²) in [7, 11) is 0. The van der Waals surface area contributed by atoms with Crippen LogP contribution in [-0.4, -0.2) is 22.6 Å². The number of carbonyl (C=O) groups excluding carboxylic acids is 2. The van der Waals surface area contributed by atoms with Crippen molar-refractivity contribution < 1.29 is 9.59 Å². The number of nitrogens with zero attached hydrogens (tertiary/aromatic N) is 1. The highest BCUT2D eigenvalue weighted by molar-refractivity contribution is 6.10. The number of hydrogen-bond donors (Lipinski definition) is 0. The van der Waals surface area contributed by atoms with Gasteiger partial charge in [-0.2, -0.15) is 0 Å². The average Bonchev–Trinajstić information content (AvgIpc) is 2.51. The minimum absolute atomic E-state index is 0.0429. The van der Waals surface area contributed by atoms with Crippen LogP contribution >= 0.6 is 0 Å². The number of rotatable bonds is 2. The van der Waals surface area contributed by atoms with Gasteiger partial charge in [0, 0.05) is 6.54 Å². The van der Waals surface area contributed by atoms with Gasteiger partial charge in [0.15, 0.2) is 5.78 Å². The maximum atomic E-state index is 12.1. The van der Waals surface area contributed by atoms with Crippen molar-refractivity contribution in [2.45, 2.75) is 31.8 Å². The number of fused-ring (bicyclic) bond motifs is 2. The van der Waals surface area contributed by atoms with E-state index in [1.807, 2.05) is 30.3 Å². The highest BCUT2D eigenvalue weighted by atomic mass is 16.2. The highest BCUT2D eigenvalue weighted by Gasteiger charge is 2.48. The first-order chi connectivity index (χ1) is 8.27. The number of hydrogen-bond acceptors (Lipinski definition) is 2. The quantitative estimate of drug-likeness (QED) is 0.725. The third kappa shape index (κ3) is 1.66. The molecule has 2 fully saturated rings. The minimum Gasteiger partial charge on any atom is -0.328 e. The molecule has 2 unspecified atom stereocenters. The molecule has 88 valence electrons. The molecule has 0 N–H and O–H groups in total. The van der Waals surface area contributed by atoms with E-state index in [0.717, 1.165) is 24.8 Å². The number of benzene rings is 1. The molecule has 1 saturated heterocycles. The van der Waals surface area contributed by atoms with Gasteiger partial charge >= 0.3 is 0 Å². The molecule has 1 heterocycles. The Labute approximate surface area is 100 Å². The van der Waals surface area contributed by atoms with E-state index in [1.54, 1.807) is 4.90 Å². The lowest BCUT2D eigenvalue weighted by Crippen LogP contribution is -2.34. The molecule has 3 rings (SSSR count). The second-order valence-corrected chi connectivity index (χ2v) is 4.85. The second kappa shape index (κ2) is 3.99. The van der Waals surface area contributed by atoms with Crippen molar-refractivity contribution in [2.75, 3.05) is 0 Å². The Morgan fingerprint density at radius 2 is 1.88 bits per heavy atom. The molecule has 0 spiro atoms. The van der Waals surface area contributed by atoms with Crippen molar-refractivity contribution >= 4 is 11.7 Å². The van der Waals surface area contributed by atoms with E-state index in [2.05, 4.69) is 0 Å². The summed E-state index contributed by atoms with van der Waals surface area (Å²) in [4.78, 5) is 25.8. The van der Waals surface area contributed by atoms with Crippen LogP contribution in [0.5, 0.6) is 0 Å². The van der Waals surface area contributed by atoms with Gasteiger partial charge in [0.2, 0.25) is 5.91 Å². The van der Waals surface area contributed by atoms with E-state index >= 15 is 0 Å². The summed E-state index contributed by atoms with van der Waals surface area (Å²) >= 11 is 0. The van der Waals surface area contributed by atoms with Gasteiger partial charge in [-0.25, -0.2) is 0 Å². The van der Waals surface area contributed by atoms with Crippen molar-refractivity contribution in [3.63, 3.8) is 0 Å². The Morgan fingerprint density at radius 3 is 2.59 bits per heavy atom. The van der Waals surface area contributed by atoms with E-state index < -0.39 is 0 Å². The molecule has 1 saturated carbocycles. The Bertz CT molecular complexity index is 455. The number of ketones is 1. The lowest BCUT2D eigenvalue weighted by atomic mass is 9.89. The van der Waals surface area contributed by atoms with E-state index in [4.69, 9.17) is 0 Å². The first-order valence-electron chi connectivity index (χ1n) is 6.15. The molecule has 2 aliphatic rings. The van der Waals surface area contributed by atoms with Crippen molar-refractivity contribution in [1.82, 2.24) is 4.90 Å². The van der Waals surface area contributed by atoms with Crippen molar-refractivity contribution in [3.8, 4) is 0 Å². The third-order valence-corrected chi connectivity index (χ3v) is 3.80. The molecule has 3 heteroatoms. The van der Waals surface area contributed by atoms with Gasteiger partial charge in [0.1, 0.15) is 0 Å².